The van der Waals surface area contributed by atoms with E-state index in [2.05, 4.69) is 0 Å². The number of hydrogen-bond donors (Lipinski definition) is 0. The third kappa shape index (κ3) is 5.97. The summed E-state index contributed by atoms with van der Waals surface area (Å²) in [6, 6.07) is 19.8. The molecule has 0 amide bonds. The van der Waals surface area contributed by atoms with Crippen LogP contribution in [0.25, 0.3) is 0 Å². The van der Waals surface area contributed by atoms with E-state index in [4.69, 9.17) is 18.6 Å². The van der Waals surface area contributed by atoms with E-state index in [0.29, 0.717) is 0 Å². The highest BCUT2D eigenvalue weighted by atomic mass is 19.1. The summed E-state index contributed by atoms with van der Waals surface area (Å²) in [5.74, 6) is -1.55. The fraction of sp³-hybridized carbons (Fsp3) is 0. The van der Waals surface area contributed by atoms with Crippen molar-refractivity contribution in [3.05, 3.63) is 120 Å². The molecule has 0 aliphatic rings. The minimum Gasteiger partial charge on any atom is -0.611 e. The van der Waals surface area contributed by atoms with Crippen LogP contribution in [0.3, 0.4) is 0 Å². The van der Waals surface area contributed by atoms with E-state index in [1.807, 2.05) is 0 Å². The lowest BCUT2D eigenvalue weighted by molar-refractivity contribution is 0.160. The Balaban J connectivity index is 1.77. The summed E-state index contributed by atoms with van der Waals surface area (Å²) in [6.07, 6.45) is 0. The Morgan fingerprint density at radius 1 is 0.333 bits per heavy atom. The molecular formula is C24H16BF4O4-. The lowest BCUT2D eigenvalue weighted by Crippen LogP contribution is -2.60. The Labute approximate surface area is 187 Å². The lowest BCUT2D eigenvalue weighted by Gasteiger charge is -2.41. The van der Waals surface area contributed by atoms with Crippen molar-refractivity contribution in [1.29, 1.82) is 0 Å². The second-order valence-corrected chi connectivity index (χ2v) is 6.86. The van der Waals surface area contributed by atoms with Crippen molar-refractivity contribution in [3.63, 3.8) is 0 Å². The van der Waals surface area contributed by atoms with E-state index in [0.717, 1.165) is 48.5 Å². The average molecular weight is 455 g/mol. The predicted octanol–water partition coefficient (Wildman–Crippen LogP) is 6.29. The number of rotatable bonds is 8. The van der Waals surface area contributed by atoms with Gasteiger partial charge in [0.15, 0.2) is 0 Å². The molecule has 0 radical (unpaired) electrons. The molecule has 168 valence electrons. The van der Waals surface area contributed by atoms with Crippen LogP contribution in [-0.4, -0.2) is 6.96 Å². The van der Waals surface area contributed by atoms with Gasteiger partial charge in [-0.2, -0.15) is 0 Å². The van der Waals surface area contributed by atoms with Gasteiger partial charge < -0.3 is 18.6 Å². The van der Waals surface area contributed by atoms with Gasteiger partial charge in [0.2, 0.25) is 0 Å². The number of halogens is 4. The van der Waals surface area contributed by atoms with E-state index in [-0.39, 0.29) is 23.0 Å². The molecule has 0 atom stereocenters. The van der Waals surface area contributed by atoms with Crippen LogP contribution >= 0.6 is 0 Å². The molecule has 33 heavy (non-hydrogen) atoms. The number of hydrogen-bond acceptors (Lipinski definition) is 4. The van der Waals surface area contributed by atoms with Gasteiger partial charge in [0.05, 0.1) is 23.0 Å². The van der Waals surface area contributed by atoms with Gasteiger partial charge in [-0.15, -0.1) is 0 Å². The zero-order chi connectivity index (χ0) is 23.3. The maximum Gasteiger partial charge on any atom is 0.777 e. The van der Waals surface area contributed by atoms with Crippen LogP contribution in [-0.2, 0) is 0 Å². The molecule has 4 aromatic carbocycles. The molecule has 9 heteroatoms. The molecule has 4 aromatic rings. The summed E-state index contributed by atoms with van der Waals surface area (Å²) in [4.78, 5) is 0. The highest BCUT2D eigenvalue weighted by Gasteiger charge is 2.43. The Hall–Kier alpha value is -4.14. The van der Waals surface area contributed by atoms with Gasteiger partial charge in [-0.1, -0.05) is 0 Å². The van der Waals surface area contributed by atoms with Crippen molar-refractivity contribution in [2.24, 2.45) is 0 Å². The quantitative estimate of drug-likeness (QED) is 0.231. The molecule has 4 nitrogen and oxygen atoms in total. The summed E-state index contributed by atoms with van der Waals surface area (Å²) in [7, 11) is 0. The zero-order valence-corrected chi connectivity index (χ0v) is 17.0. The van der Waals surface area contributed by atoms with Crippen molar-refractivity contribution in [2.45, 2.75) is 0 Å². The van der Waals surface area contributed by atoms with E-state index < -0.39 is 30.2 Å². The molecule has 0 fully saturated rings. The van der Waals surface area contributed by atoms with Gasteiger partial charge in [0, 0.05) is 0 Å². The second kappa shape index (κ2) is 9.56. The van der Waals surface area contributed by atoms with Crippen LogP contribution in [0.5, 0.6) is 23.0 Å². The second-order valence-electron chi connectivity index (χ2n) is 6.86. The first-order chi connectivity index (χ1) is 15.9. The van der Waals surface area contributed by atoms with Crippen LogP contribution in [0.4, 0.5) is 17.6 Å². The minimum atomic E-state index is -3.26. The topological polar surface area (TPSA) is 36.9 Å². The van der Waals surface area contributed by atoms with E-state index in [1.54, 1.807) is 0 Å². The zero-order valence-electron chi connectivity index (χ0n) is 17.0. The normalized spacial score (nSPS) is 11.0. The monoisotopic (exact) mass is 455 g/mol. The highest BCUT2D eigenvalue weighted by molar-refractivity contribution is 6.57. The molecule has 0 aliphatic heterocycles. The molecule has 0 aliphatic carbocycles. The van der Waals surface area contributed by atoms with Crippen molar-refractivity contribution in [2.75, 3.05) is 0 Å². The first-order valence-corrected chi connectivity index (χ1v) is 9.80. The molecule has 0 aromatic heterocycles. The molecule has 0 saturated carbocycles. The standard InChI is InChI=1S/C24H16BF4O4/c26-17-1-9-21(10-2-17)30-25(31-22-11-3-18(27)4-12-22,32-23-13-5-19(28)6-14-23)33-24-15-7-20(29)8-16-24/h1-16H/q-1. The maximum atomic E-state index is 13.4. The minimum absolute atomic E-state index is 0.114. The van der Waals surface area contributed by atoms with Gasteiger partial charge in [0.1, 0.15) is 23.3 Å². The van der Waals surface area contributed by atoms with Crippen LogP contribution in [0.15, 0.2) is 97.1 Å². The molecule has 0 N–H and O–H groups in total. The largest absolute Gasteiger partial charge is 0.777 e. The molecule has 0 heterocycles. The fourth-order valence-corrected chi connectivity index (χ4v) is 2.86. The summed E-state index contributed by atoms with van der Waals surface area (Å²) < 4.78 is 77.3. The van der Waals surface area contributed by atoms with E-state index >= 15 is 0 Å². The van der Waals surface area contributed by atoms with Crippen LogP contribution in [0, 0.1) is 23.3 Å². The average Bonchev–Trinajstić information content (AvgIpc) is 2.80. The molecule has 0 unspecified atom stereocenters. The SMILES string of the molecule is Fc1ccc(O[B-](Oc2ccc(F)cc2)(Oc2ccc(F)cc2)Oc2ccc(F)cc2)cc1. The van der Waals surface area contributed by atoms with Gasteiger partial charge in [-0.3, -0.25) is 0 Å². The summed E-state index contributed by atoms with van der Waals surface area (Å²) in [5, 5.41) is 0. The Bertz CT molecular complexity index is 990. The fourth-order valence-electron chi connectivity index (χ4n) is 2.86. The molecule has 4 rings (SSSR count). The Kier molecular flexibility index (Phi) is 6.39. The van der Waals surface area contributed by atoms with Crippen molar-refractivity contribution < 1.29 is 36.2 Å². The first kappa shape index (κ1) is 22.1. The molecule has 0 saturated heterocycles. The summed E-state index contributed by atoms with van der Waals surface area (Å²) in [6.45, 7) is -3.26. The molecule has 0 bridgehead atoms. The van der Waals surface area contributed by atoms with Crippen molar-refractivity contribution in [3.8, 4) is 23.0 Å². The van der Waals surface area contributed by atoms with Crippen molar-refractivity contribution in [1.82, 2.24) is 0 Å². The molecular weight excluding hydrogens is 439 g/mol. The highest BCUT2D eigenvalue weighted by Crippen LogP contribution is 2.27. The number of benzene rings is 4. The maximum absolute atomic E-state index is 13.4. The van der Waals surface area contributed by atoms with Gasteiger partial charge >= 0.3 is 6.96 Å². The molecule has 0 spiro atoms. The van der Waals surface area contributed by atoms with Crippen LogP contribution in [0.2, 0.25) is 0 Å². The summed E-state index contributed by atoms with van der Waals surface area (Å²) >= 11 is 0. The first-order valence-electron chi connectivity index (χ1n) is 9.80. The summed E-state index contributed by atoms with van der Waals surface area (Å²) in [5.41, 5.74) is 0. The van der Waals surface area contributed by atoms with Crippen molar-refractivity contribution >= 4 is 6.96 Å². The predicted molar refractivity (Wildman–Crippen MR) is 114 cm³/mol. The smallest absolute Gasteiger partial charge is 0.611 e. The van der Waals surface area contributed by atoms with Crippen LogP contribution in [0.1, 0.15) is 0 Å². The Morgan fingerprint density at radius 2 is 0.515 bits per heavy atom. The lowest BCUT2D eigenvalue weighted by atomic mass is 10.0. The third-order valence-corrected chi connectivity index (χ3v) is 4.38. The van der Waals surface area contributed by atoms with E-state index in [1.165, 1.54) is 48.5 Å². The van der Waals surface area contributed by atoms with E-state index in [9.17, 15) is 17.6 Å². The van der Waals surface area contributed by atoms with Crippen LogP contribution < -0.4 is 18.6 Å². The Morgan fingerprint density at radius 3 is 0.697 bits per heavy atom. The van der Waals surface area contributed by atoms with Gasteiger partial charge in [0.25, 0.3) is 0 Å². The van der Waals surface area contributed by atoms with Gasteiger partial charge in [-0.05, 0) is 97.1 Å². The van der Waals surface area contributed by atoms with Gasteiger partial charge in [-0.25, -0.2) is 17.6 Å². The third-order valence-electron chi connectivity index (χ3n) is 4.38.